The molecule has 0 N–H and O–H groups in total. The highest BCUT2D eigenvalue weighted by molar-refractivity contribution is 7.99. The molecule has 0 aliphatic heterocycles. The number of hydrogen-bond acceptors (Lipinski definition) is 5. The Morgan fingerprint density at radius 3 is 2.09 bits per heavy atom. The molecular formula is C28H29NO3S. The lowest BCUT2D eigenvalue weighted by atomic mass is 10.0. The van der Waals surface area contributed by atoms with E-state index in [1.807, 2.05) is 18.2 Å². The van der Waals surface area contributed by atoms with Crippen molar-refractivity contribution in [2.75, 3.05) is 0 Å². The fraction of sp³-hybridized carbons (Fsp3) is 0.250. The molecule has 0 spiro atoms. The first-order chi connectivity index (χ1) is 16.2. The zero-order chi connectivity index (χ0) is 23.3. The van der Waals surface area contributed by atoms with E-state index in [0.29, 0.717) is 12.0 Å². The molecule has 0 amide bonds. The van der Waals surface area contributed by atoms with Gasteiger partial charge in [0.15, 0.2) is 0 Å². The fourth-order valence-corrected chi connectivity index (χ4v) is 4.15. The van der Waals surface area contributed by atoms with Gasteiger partial charge in [-0.3, -0.25) is 4.79 Å². The van der Waals surface area contributed by atoms with E-state index in [-0.39, 0.29) is 0 Å². The summed E-state index contributed by atoms with van der Waals surface area (Å²) < 4.78 is 0. The van der Waals surface area contributed by atoms with Crippen molar-refractivity contribution in [3.8, 4) is 0 Å². The molecule has 170 valence electrons. The molecule has 0 unspecified atom stereocenters. The van der Waals surface area contributed by atoms with Crippen molar-refractivity contribution in [1.82, 2.24) is 0 Å². The average Bonchev–Trinajstić information content (AvgIpc) is 2.86. The second-order valence-corrected chi connectivity index (χ2v) is 8.92. The van der Waals surface area contributed by atoms with Gasteiger partial charge in [0.05, 0.1) is 5.71 Å². The molecule has 0 fully saturated rings. The first-order valence-corrected chi connectivity index (χ1v) is 12.2. The summed E-state index contributed by atoms with van der Waals surface area (Å²) in [7, 11) is 0. The average molecular weight is 460 g/mol. The molecule has 5 heteroatoms. The topological polar surface area (TPSA) is 55.7 Å². The highest BCUT2D eigenvalue weighted by atomic mass is 32.2. The number of benzene rings is 3. The molecule has 0 saturated heterocycles. The maximum absolute atomic E-state index is 12.3. The highest BCUT2D eigenvalue weighted by Crippen LogP contribution is 2.27. The van der Waals surface area contributed by atoms with Crippen LogP contribution in [0, 0.1) is 0 Å². The molecule has 0 bridgehead atoms. The van der Waals surface area contributed by atoms with Gasteiger partial charge in [0.25, 0.3) is 5.78 Å². The SMILES string of the molecule is CCCCCCC(Cc1ccc(Sc2ccccc2)cc1)=NOC(=O)C(=O)c1ccccc1. The Labute approximate surface area is 200 Å². The monoisotopic (exact) mass is 459 g/mol. The smallest absolute Gasteiger partial charge is 0.309 e. The Balaban J connectivity index is 1.64. The first kappa shape index (κ1) is 24.5. The van der Waals surface area contributed by atoms with Gasteiger partial charge in [-0.1, -0.05) is 104 Å². The minimum Gasteiger partial charge on any atom is -0.309 e. The zero-order valence-corrected chi connectivity index (χ0v) is 19.7. The van der Waals surface area contributed by atoms with Crippen LogP contribution in [0.2, 0.25) is 0 Å². The number of oxime groups is 1. The minimum absolute atomic E-state index is 0.300. The van der Waals surface area contributed by atoms with Crippen LogP contribution in [-0.2, 0) is 16.1 Å². The van der Waals surface area contributed by atoms with Gasteiger partial charge in [0.1, 0.15) is 0 Å². The normalized spacial score (nSPS) is 11.2. The summed E-state index contributed by atoms with van der Waals surface area (Å²) in [5, 5.41) is 4.09. The van der Waals surface area contributed by atoms with Crippen LogP contribution in [0.3, 0.4) is 0 Å². The Bertz CT molecular complexity index is 1050. The van der Waals surface area contributed by atoms with Crippen molar-refractivity contribution in [3.63, 3.8) is 0 Å². The van der Waals surface area contributed by atoms with Gasteiger partial charge in [0.2, 0.25) is 0 Å². The summed E-state index contributed by atoms with van der Waals surface area (Å²) in [4.78, 5) is 31.9. The van der Waals surface area contributed by atoms with Gasteiger partial charge in [-0.05, 0) is 42.7 Å². The van der Waals surface area contributed by atoms with Crippen molar-refractivity contribution < 1.29 is 14.4 Å². The van der Waals surface area contributed by atoms with E-state index in [0.717, 1.165) is 48.3 Å². The van der Waals surface area contributed by atoms with Crippen molar-refractivity contribution in [1.29, 1.82) is 0 Å². The van der Waals surface area contributed by atoms with Crippen LogP contribution in [0.25, 0.3) is 0 Å². The highest BCUT2D eigenvalue weighted by Gasteiger charge is 2.18. The van der Waals surface area contributed by atoms with Gasteiger partial charge in [-0.2, -0.15) is 0 Å². The lowest BCUT2D eigenvalue weighted by Gasteiger charge is -2.08. The quantitative estimate of drug-likeness (QED) is 0.0722. The van der Waals surface area contributed by atoms with E-state index in [1.54, 1.807) is 42.1 Å². The van der Waals surface area contributed by atoms with Crippen molar-refractivity contribution >= 4 is 29.2 Å². The van der Waals surface area contributed by atoms with E-state index < -0.39 is 11.8 Å². The van der Waals surface area contributed by atoms with Gasteiger partial charge < -0.3 is 4.84 Å². The third-order valence-electron chi connectivity index (χ3n) is 5.11. The van der Waals surface area contributed by atoms with Gasteiger partial charge in [-0.15, -0.1) is 0 Å². The minimum atomic E-state index is -0.957. The molecule has 0 atom stereocenters. The van der Waals surface area contributed by atoms with Crippen molar-refractivity contribution in [2.45, 2.75) is 55.2 Å². The maximum Gasteiger partial charge on any atom is 0.405 e. The lowest BCUT2D eigenvalue weighted by molar-refractivity contribution is -0.138. The van der Waals surface area contributed by atoms with E-state index >= 15 is 0 Å². The Morgan fingerprint density at radius 1 is 0.788 bits per heavy atom. The molecule has 4 nitrogen and oxygen atoms in total. The number of ketones is 1. The molecule has 3 aromatic rings. The maximum atomic E-state index is 12.3. The van der Waals surface area contributed by atoms with Crippen LogP contribution in [-0.4, -0.2) is 17.5 Å². The van der Waals surface area contributed by atoms with Crippen LogP contribution < -0.4 is 0 Å². The van der Waals surface area contributed by atoms with Gasteiger partial charge in [-0.25, -0.2) is 4.79 Å². The molecule has 0 aromatic heterocycles. The number of Topliss-reactive ketones (excluding diaryl/α,β-unsaturated/α-hetero) is 1. The fourth-order valence-electron chi connectivity index (χ4n) is 3.31. The number of hydrogen-bond donors (Lipinski definition) is 0. The summed E-state index contributed by atoms with van der Waals surface area (Å²) in [5.41, 5.74) is 2.16. The third kappa shape index (κ3) is 8.35. The standard InChI is InChI=1S/C28H29NO3S/c1-2-3-4-9-14-24(29-32-28(31)27(30)23-12-7-5-8-13-23)21-22-17-19-26(20-18-22)33-25-15-10-6-11-16-25/h5-8,10-13,15-20H,2-4,9,14,21H2,1H3. The first-order valence-electron chi connectivity index (χ1n) is 11.3. The largest absolute Gasteiger partial charge is 0.405 e. The van der Waals surface area contributed by atoms with Gasteiger partial charge in [0, 0.05) is 21.8 Å². The van der Waals surface area contributed by atoms with Gasteiger partial charge >= 0.3 is 5.97 Å². The number of rotatable bonds is 12. The molecule has 0 aliphatic rings. The number of carbonyl (C=O) groups is 2. The van der Waals surface area contributed by atoms with Crippen LogP contribution in [0.1, 0.15) is 54.9 Å². The Kier molecular flexibility index (Phi) is 9.92. The summed E-state index contributed by atoms with van der Waals surface area (Å²) >= 11 is 1.71. The Hall–Kier alpha value is -3.18. The summed E-state index contributed by atoms with van der Waals surface area (Å²) in [5.74, 6) is -1.64. The molecular weight excluding hydrogens is 430 g/mol. The van der Waals surface area contributed by atoms with Crippen molar-refractivity contribution in [3.05, 3.63) is 96.1 Å². The molecule has 33 heavy (non-hydrogen) atoms. The second kappa shape index (κ2) is 13.4. The number of carbonyl (C=O) groups excluding carboxylic acids is 2. The van der Waals surface area contributed by atoms with Crippen LogP contribution >= 0.6 is 11.8 Å². The third-order valence-corrected chi connectivity index (χ3v) is 6.12. The summed E-state index contributed by atoms with van der Waals surface area (Å²) in [6, 6.07) is 27.0. The van der Waals surface area contributed by atoms with Crippen LogP contribution in [0.15, 0.2) is 99.9 Å². The van der Waals surface area contributed by atoms with E-state index in [1.165, 1.54) is 4.90 Å². The predicted octanol–water partition coefficient (Wildman–Crippen LogP) is 7.13. The molecule has 3 rings (SSSR count). The van der Waals surface area contributed by atoms with E-state index in [4.69, 9.17) is 4.84 Å². The molecule has 0 heterocycles. The molecule has 0 radical (unpaired) electrons. The van der Waals surface area contributed by atoms with Crippen molar-refractivity contribution in [2.24, 2.45) is 5.16 Å². The summed E-state index contributed by atoms with van der Waals surface area (Å²) in [6.07, 6.45) is 5.68. The lowest BCUT2D eigenvalue weighted by Crippen LogP contribution is -2.16. The van der Waals surface area contributed by atoms with Crippen LogP contribution in [0.5, 0.6) is 0 Å². The predicted molar refractivity (Wildman–Crippen MR) is 134 cm³/mol. The number of nitrogens with zero attached hydrogens (tertiary/aromatic N) is 1. The Morgan fingerprint density at radius 2 is 1.42 bits per heavy atom. The molecule has 0 aliphatic carbocycles. The number of unbranched alkanes of at least 4 members (excludes halogenated alkanes) is 3. The van der Waals surface area contributed by atoms with E-state index in [9.17, 15) is 9.59 Å². The molecule has 0 saturated carbocycles. The summed E-state index contributed by atoms with van der Waals surface area (Å²) in [6.45, 7) is 2.17. The zero-order valence-electron chi connectivity index (χ0n) is 18.9. The molecule has 3 aromatic carbocycles. The second-order valence-electron chi connectivity index (χ2n) is 7.78. The van der Waals surface area contributed by atoms with Crippen LogP contribution in [0.4, 0.5) is 0 Å². The van der Waals surface area contributed by atoms with E-state index in [2.05, 4.69) is 48.5 Å².